The lowest BCUT2D eigenvalue weighted by atomic mass is 10.0. The number of carboxylic acids is 2. The lowest BCUT2D eigenvalue weighted by Crippen LogP contribution is -2.48. The maximum Gasteiger partial charge on any atom is 0.346 e. The van der Waals surface area contributed by atoms with Crippen LogP contribution < -0.4 is 27.4 Å². The highest BCUT2D eigenvalue weighted by Crippen LogP contribution is 2.11. The van der Waals surface area contributed by atoms with Gasteiger partial charge in [-0.2, -0.15) is 0 Å². The third kappa shape index (κ3) is 12.9. The second-order valence-corrected chi connectivity index (χ2v) is 9.85. The van der Waals surface area contributed by atoms with Gasteiger partial charge in [-0.1, -0.05) is 13.8 Å². The SMILES string of the molecule is CC(C)CC(NC[C@H](OC(=O)[C@@H]1CCC(=O)N1)C(=O)O)C(=O)OC(=O)C(N)CCC(N)=O.O=C(O)C1CCCN1. The first-order valence-electron chi connectivity index (χ1n) is 12.9. The number of hydrogen-bond acceptors (Lipinski definition) is 12. The monoisotopic (exact) mass is 573 g/mol. The van der Waals surface area contributed by atoms with Crippen LogP contribution in [0, 0.1) is 5.92 Å². The van der Waals surface area contributed by atoms with Gasteiger partial charge in [0.2, 0.25) is 17.9 Å². The first-order valence-corrected chi connectivity index (χ1v) is 12.9. The lowest BCUT2D eigenvalue weighted by Gasteiger charge is -2.22. The third-order valence-electron chi connectivity index (χ3n) is 5.92. The molecule has 0 saturated carbocycles. The number of nitrogens with two attached hydrogens (primary N) is 2. The number of primary amides is 1. The van der Waals surface area contributed by atoms with E-state index in [1.807, 2.05) is 0 Å². The number of carbonyl (C=O) groups excluding carboxylic acids is 5. The third-order valence-corrected chi connectivity index (χ3v) is 5.92. The average Bonchev–Trinajstić information content (AvgIpc) is 3.56. The second kappa shape index (κ2) is 17.1. The second-order valence-electron chi connectivity index (χ2n) is 9.85. The Balaban J connectivity index is 0.000000850. The van der Waals surface area contributed by atoms with Gasteiger partial charge < -0.3 is 47.1 Å². The number of hydrogen-bond donors (Lipinski definition) is 7. The molecule has 3 unspecified atom stereocenters. The number of aliphatic carboxylic acids is 2. The molecule has 0 aromatic heterocycles. The van der Waals surface area contributed by atoms with Crippen LogP contribution in [-0.4, -0.2) is 95.2 Å². The van der Waals surface area contributed by atoms with Crippen molar-refractivity contribution in [2.24, 2.45) is 17.4 Å². The van der Waals surface area contributed by atoms with Crippen molar-refractivity contribution in [1.29, 1.82) is 0 Å². The van der Waals surface area contributed by atoms with Crippen molar-refractivity contribution in [3.8, 4) is 0 Å². The van der Waals surface area contributed by atoms with Gasteiger partial charge in [0.15, 0.2) is 0 Å². The Labute approximate surface area is 230 Å². The zero-order chi connectivity index (χ0) is 30.4. The van der Waals surface area contributed by atoms with Gasteiger partial charge in [0.25, 0.3) is 0 Å². The molecule has 0 aromatic carbocycles. The van der Waals surface area contributed by atoms with Gasteiger partial charge >= 0.3 is 29.8 Å². The summed E-state index contributed by atoms with van der Waals surface area (Å²) < 4.78 is 9.71. The fraction of sp³-hybridized carbons (Fsp3) is 0.708. The Morgan fingerprint density at radius 3 is 2.20 bits per heavy atom. The summed E-state index contributed by atoms with van der Waals surface area (Å²) in [6, 6.07) is -3.52. The van der Waals surface area contributed by atoms with Crippen LogP contribution in [0.15, 0.2) is 0 Å². The maximum atomic E-state index is 12.4. The van der Waals surface area contributed by atoms with E-state index in [1.54, 1.807) is 13.8 Å². The van der Waals surface area contributed by atoms with Gasteiger partial charge in [0, 0.05) is 19.4 Å². The summed E-state index contributed by atoms with van der Waals surface area (Å²) in [6.07, 6.45) is 0.388. The Bertz CT molecular complexity index is 936. The molecule has 2 saturated heterocycles. The molecule has 5 atom stereocenters. The van der Waals surface area contributed by atoms with E-state index < -0.39 is 66.5 Å². The molecule has 16 nitrogen and oxygen atoms in total. The van der Waals surface area contributed by atoms with Crippen molar-refractivity contribution in [3.63, 3.8) is 0 Å². The number of nitrogens with one attached hydrogen (secondary N) is 3. The van der Waals surface area contributed by atoms with Gasteiger partial charge in [0.05, 0.1) is 0 Å². The minimum absolute atomic E-state index is 0.0433. The van der Waals surface area contributed by atoms with E-state index in [4.69, 9.17) is 26.0 Å². The van der Waals surface area contributed by atoms with E-state index >= 15 is 0 Å². The molecule has 2 rings (SSSR count). The minimum Gasteiger partial charge on any atom is -0.480 e. The van der Waals surface area contributed by atoms with Gasteiger partial charge in [0.1, 0.15) is 24.2 Å². The summed E-state index contributed by atoms with van der Waals surface area (Å²) in [5.74, 6) is -6.16. The molecular formula is C24H39N5O11. The van der Waals surface area contributed by atoms with Crippen LogP contribution in [0.25, 0.3) is 0 Å². The van der Waals surface area contributed by atoms with Crippen molar-refractivity contribution < 1.29 is 53.2 Å². The number of carboxylic acid groups (broad SMARTS) is 2. The summed E-state index contributed by atoms with van der Waals surface area (Å²) in [5.41, 5.74) is 10.6. The molecule has 0 aliphatic carbocycles. The highest BCUT2D eigenvalue weighted by atomic mass is 16.6. The predicted octanol–water partition coefficient (Wildman–Crippen LogP) is -2.25. The average molecular weight is 574 g/mol. The van der Waals surface area contributed by atoms with E-state index in [2.05, 4.69) is 16.0 Å². The standard InChI is InChI=1S/C19H30N4O9.C5H9NO2/c1-9(2)7-12(19(30)32-17(28)10(20)3-5-14(21)24)22-8-13(16(26)27)31-18(29)11-4-6-15(25)23-11;7-5(8)4-2-1-3-6-4/h9-13,22H,3-8,20H2,1-2H3,(H2,21,24)(H,23,25)(H,26,27);4,6H,1-3H2,(H,7,8)/t10?,11-,12?,13-;/m0./s1. The molecule has 0 spiro atoms. The molecular weight excluding hydrogens is 534 g/mol. The van der Waals surface area contributed by atoms with Crippen molar-refractivity contribution in [2.75, 3.05) is 13.1 Å². The predicted molar refractivity (Wildman–Crippen MR) is 136 cm³/mol. The fourth-order valence-corrected chi connectivity index (χ4v) is 3.73. The van der Waals surface area contributed by atoms with Crippen LogP contribution in [0.1, 0.15) is 58.8 Å². The van der Waals surface area contributed by atoms with E-state index in [0.717, 1.165) is 19.4 Å². The molecule has 0 bridgehead atoms. The maximum absolute atomic E-state index is 12.4. The van der Waals surface area contributed by atoms with Gasteiger partial charge in [-0.3, -0.25) is 14.4 Å². The highest BCUT2D eigenvalue weighted by Gasteiger charge is 2.34. The van der Waals surface area contributed by atoms with Crippen LogP contribution >= 0.6 is 0 Å². The summed E-state index contributed by atoms with van der Waals surface area (Å²) in [4.78, 5) is 80.1. The van der Waals surface area contributed by atoms with Gasteiger partial charge in [-0.15, -0.1) is 0 Å². The molecule has 9 N–H and O–H groups in total. The zero-order valence-corrected chi connectivity index (χ0v) is 22.6. The molecule has 2 aliphatic heterocycles. The quantitative estimate of drug-likeness (QED) is 0.0855. The highest BCUT2D eigenvalue weighted by molar-refractivity contribution is 5.91. The number of amides is 2. The van der Waals surface area contributed by atoms with E-state index in [1.165, 1.54) is 0 Å². The Kier molecular flexibility index (Phi) is 14.7. The first kappa shape index (κ1) is 34.4. The zero-order valence-electron chi connectivity index (χ0n) is 22.6. The number of carbonyl (C=O) groups is 7. The Hall–Kier alpha value is -3.63. The van der Waals surface area contributed by atoms with Crippen LogP contribution in [0.5, 0.6) is 0 Å². The summed E-state index contributed by atoms with van der Waals surface area (Å²) in [5, 5.41) is 25.6. The summed E-state index contributed by atoms with van der Waals surface area (Å²) in [6.45, 7) is 3.99. The molecule has 40 heavy (non-hydrogen) atoms. The van der Waals surface area contributed by atoms with Crippen molar-refractivity contribution in [3.05, 3.63) is 0 Å². The molecule has 226 valence electrons. The smallest absolute Gasteiger partial charge is 0.346 e. The van der Waals surface area contributed by atoms with Crippen molar-refractivity contribution >= 4 is 41.7 Å². The fourth-order valence-electron chi connectivity index (χ4n) is 3.73. The van der Waals surface area contributed by atoms with E-state index in [0.29, 0.717) is 0 Å². The Morgan fingerprint density at radius 1 is 1.07 bits per heavy atom. The molecule has 2 aliphatic rings. The van der Waals surface area contributed by atoms with Crippen LogP contribution in [-0.2, 0) is 43.0 Å². The molecule has 0 radical (unpaired) electrons. The minimum atomic E-state index is -1.64. The molecule has 0 aromatic rings. The Morgan fingerprint density at radius 2 is 1.75 bits per heavy atom. The summed E-state index contributed by atoms with van der Waals surface area (Å²) >= 11 is 0. The van der Waals surface area contributed by atoms with Crippen molar-refractivity contribution in [2.45, 2.75) is 89.1 Å². The molecule has 2 heterocycles. The normalized spacial score (nSPS) is 20.4. The van der Waals surface area contributed by atoms with Gasteiger partial charge in [-0.05, 0) is 44.6 Å². The largest absolute Gasteiger partial charge is 0.480 e. The number of esters is 3. The van der Waals surface area contributed by atoms with Crippen molar-refractivity contribution in [1.82, 2.24) is 16.0 Å². The molecule has 2 fully saturated rings. The van der Waals surface area contributed by atoms with Crippen LogP contribution in [0.2, 0.25) is 0 Å². The molecule has 16 heteroatoms. The van der Waals surface area contributed by atoms with Crippen LogP contribution in [0.3, 0.4) is 0 Å². The number of ether oxygens (including phenoxy) is 2. The topological polar surface area (TPSA) is 267 Å². The first-order chi connectivity index (χ1) is 18.7. The van der Waals surface area contributed by atoms with Gasteiger partial charge in [-0.25, -0.2) is 19.2 Å². The van der Waals surface area contributed by atoms with E-state index in [-0.39, 0.29) is 50.0 Å². The molecule has 2 amide bonds. The van der Waals surface area contributed by atoms with Crippen LogP contribution in [0.4, 0.5) is 0 Å². The summed E-state index contributed by atoms with van der Waals surface area (Å²) in [7, 11) is 0. The lowest BCUT2D eigenvalue weighted by molar-refractivity contribution is -0.166. The van der Waals surface area contributed by atoms with E-state index in [9.17, 15) is 38.7 Å². The number of rotatable bonds is 14.